The molecule has 0 saturated carbocycles. The van der Waals surface area contributed by atoms with E-state index in [9.17, 15) is 14.7 Å². The molecule has 0 radical (unpaired) electrons. The third-order valence-corrected chi connectivity index (χ3v) is 6.52. The molecule has 0 aliphatic carbocycles. The molecule has 0 heterocycles. The Balaban J connectivity index is 2.55. The lowest BCUT2D eigenvalue weighted by Gasteiger charge is -2.49. The smallest absolute Gasteiger partial charge is 0.326 e. The molecule has 3 atom stereocenters. The molecule has 3 aromatic carbocycles. The van der Waals surface area contributed by atoms with Crippen molar-refractivity contribution in [3.05, 3.63) is 102 Å². The maximum Gasteiger partial charge on any atom is 0.326 e. The summed E-state index contributed by atoms with van der Waals surface area (Å²) in [5, 5.41) is 11.3. The molecular formula is C28H33N2O3P. The molecule has 3 rings (SSSR count). The zero-order valence-electron chi connectivity index (χ0n) is 19.9. The summed E-state index contributed by atoms with van der Waals surface area (Å²) < 4.78 is 0. The second kappa shape index (κ2) is 10.9. The van der Waals surface area contributed by atoms with Crippen molar-refractivity contribution in [2.75, 3.05) is 0 Å². The number of rotatable bonds is 9. The second-order valence-corrected chi connectivity index (χ2v) is 9.63. The largest absolute Gasteiger partial charge is 0.480 e. The zero-order valence-corrected chi connectivity index (χ0v) is 21.0. The molecule has 0 aliphatic heterocycles. The van der Waals surface area contributed by atoms with Crippen LogP contribution in [-0.4, -0.2) is 34.0 Å². The van der Waals surface area contributed by atoms with E-state index in [1.807, 2.05) is 98.8 Å². The number of carbonyl (C=O) groups excluding carboxylic acids is 1. The molecule has 0 fully saturated rings. The minimum absolute atomic E-state index is 0.0416. The van der Waals surface area contributed by atoms with Crippen molar-refractivity contribution in [1.29, 1.82) is 0 Å². The number of nitrogens with two attached hydrogens (primary N) is 1. The number of hydrogen-bond donors (Lipinski definition) is 2. The normalized spacial score (nSPS) is 13.4. The van der Waals surface area contributed by atoms with Crippen LogP contribution in [0.5, 0.6) is 0 Å². The Morgan fingerprint density at radius 1 is 0.882 bits per heavy atom. The average Bonchev–Trinajstić information content (AvgIpc) is 2.82. The lowest BCUT2D eigenvalue weighted by molar-refractivity contribution is -0.155. The molecule has 0 bridgehead atoms. The highest BCUT2D eigenvalue weighted by Gasteiger charge is 2.50. The van der Waals surface area contributed by atoms with E-state index in [0.717, 1.165) is 22.0 Å². The Morgan fingerprint density at radius 3 is 1.76 bits per heavy atom. The molecule has 0 aliphatic rings. The van der Waals surface area contributed by atoms with Gasteiger partial charge in [0.1, 0.15) is 11.6 Å². The van der Waals surface area contributed by atoms with Gasteiger partial charge in [0.25, 0.3) is 0 Å². The number of hydrogen-bond acceptors (Lipinski definition) is 3. The highest BCUT2D eigenvalue weighted by molar-refractivity contribution is 7.27. The Morgan fingerprint density at radius 2 is 1.35 bits per heavy atom. The first-order chi connectivity index (χ1) is 16.2. The number of aliphatic carboxylic acids is 1. The minimum Gasteiger partial charge on any atom is -0.480 e. The molecular weight excluding hydrogens is 443 g/mol. The third-order valence-electron chi connectivity index (χ3n) is 6.01. The van der Waals surface area contributed by atoms with Crippen LogP contribution in [0.3, 0.4) is 0 Å². The number of carbonyl (C=O) groups is 2. The van der Waals surface area contributed by atoms with Crippen LogP contribution in [-0.2, 0) is 15.1 Å². The molecule has 0 aromatic heterocycles. The number of carboxylic acid groups (broad SMARTS) is 1. The van der Waals surface area contributed by atoms with E-state index in [2.05, 4.69) is 9.24 Å². The van der Waals surface area contributed by atoms with Crippen molar-refractivity contribution in [2.45, 2.75) is 44.8 Å². The molecule has 3 aromatic rings. The first kappa shape index (κ1) is 25.6. The van der Waals surface area contributed by atoms with Crippen LogP contribution in [0.1, 0.15) is 43.9 Å². The fourth-order valence-corrected chi connectivity index (χ4v) is 5.02. The van der Waals surface area contributed by atoms with E-state index in [4.69, 9.17) is 5.73 Å². The standard InChI is InChI=1S/C28H33N2O3P/c1-19(2)18-24(27(32)33)30(26(31)20(3)29)28(21-12-6-4-7-13-21,22-14-8-5-9-15-22)23-16-10-11-17-25(23)34/h4-17,19-20,24H,18,29,34H2,1-3H3,(H,32,33). The summed E-state index contributed by atoms with van der Waals surface area (Å²) in [5.41, 5.74) is 7.36. The summed E-state index contributed by atoms with van der Waals surface area (Å²) in [6.07, 6.45) is 0.286. The lowest BCUT2D eigenvalue weighted by Crippen LogP contribution is -2.62. The van der Waals surface area contributed by atoms with Gasteiger partial charge < -0.3 is 15.7 Å². The van der Waals surface area contributed by atoms with Crippen LogP contribution in [0.4, 0.5) is 0 Å². The summed E-state index contributed by atoms with van der Waals surface area (Å²) in [4.78, 5) is 28.3. The van der Waals surface area contributed by atoms with Gasteiger partial charge in [-0.15, -0.1) is 9.24 Å². The molecule has 3 N–H and O–H groups in total. The number of amides is 1. The molecule has 34 heavy (non-hydrogen) atoms. The van der Waals surface area contributed by atoms with Gasteiger partial charge >= 0.3 is 5.97 Å². The Bertz CT molecular complexity index is 1080. The Hall–Kier alpha value is -3.01. The topological polar surface area (TPSA) is 83.6 Å². The predicted molar refractivity (Wildman–Crippen MR) is 140 cm³/mol. The minimum atomic E-state index is -1.22. The fraction of sp³-hybridized carbons (Fsp3) is 0.286. The second-order valence-electron chi connectivity index (χ2n) is 9.01. The van der Waals surface area contributed by atoms with Crippen LogP contribution in [0.25, 0.3) is 0 Å². The van der Waals surface area contributed by atoms with E-state index in [1.165, 1.54) is 4.90 Å². The van der Waals surface area contributed by atoms with Crippen molar-refractivity contribution in [3.8, 4) is 0 Å². The van der Waals surface area contributed by atoms with Gasteiger partial charge in [0.2, 0.25) is 5.91 Å². The Labute approximate surface area is 204 Å². The first-order valence-electron chi connectivity index (χ1n) is 11.5. The van der Waals surface area contributed by atoms with E-state index in [0.29, 0.717) is 0 Å². The molecule has 1 amide bonds. The van der Waals surface area contributed by atoms with Crippen LogP contribution in [0.2, 0.25) is 0 Å². The van der Waals surface area contributed by atoms with Gasteiger partial charge in [-0.3, -0.25) is 4.79 Å². The molecule has 3 unspecified atom stereocenters. The maximum absolute atomic E-state index is 14.0. The first-order valence-corrected chi connectivity index (χ1v) is 12.1. The third kappa shape index (κ3) is 4.91. The summed E-state index contributed by atoms with van der Waals surface area (Å²) >= 11 is 0. The summed E-state index contributed by atoms with van der Waals surface area (Å²) in [5.74, 6) is -1.44. The van der Waals surface area contributed by atoms with Crippen molar-refractivity contribution >= 4 is 26.4 Å². The summed E-state index contributed by atoms with van der Waals surface area (Å²) in [7, 11) is 2.75. The van der Waals surface area contributed by atoms with Crippen molar-refractivity contribution < 1.29 is 14.7 Å². The van der Waals surface area contributed by atoms with E-state index >= 15 is 0 Å². The number of nitrogens with zero attached hydrogens (tertiary/aromatic N) is 1. The monoisotopic (exact) mass is 476 g/mol. The molecule has 5 nitrogen and oxygen atoms in total. The predicted octanol–water partition coefficient (Wildman–Crippen LogP) is 4.15. The van der Waals surface area contributed by atoms with Crippen LogP contribution < -0.4 is 11.0 Å². The average molecular weight is 477 g/mol. The maximum atomic E-state index is 14.0. The Kier molecular flexibility index (Phi) is 8.24. The summed E-state index contributed by atoms with van der Waals surface area (Å²) in [6, 6.07) is 25.0. The number of benzene rings is 3. The van der Waals surface area contributed by atoms with Gasteiger partial charge in [-0.2, -0.15) is 0 Å². The molecule has 0 saturated heterocycles. The van der Waals surface area contributed by atoms with Gasteiger partial charge in [0, 0.05) is 0 Å². The quantitative estimate of drug-likeness (QED) is 0.359. The molecule has 178 valence electrons. The molecule has 6 heteroatoms. The van der Waals surface area contributed by atoms with Crippen LogP contribution in [0.15, 0.2) is 84.9 Å². The van der Waals surface area contributed by atoms with Gasteiger partial charge in [-0.05, 0) is 41.3 Å². The van der Waals surface area contributed by atoms with Gasteiger partial charge in [-0.1, -0.05) is 98.8 Å². The highest BCUT2D eigenvalue weighted by Crippen LogP contribution is 2.44. The lowest BCUT2D eigenvalue weighted by atomic mass is 9.74. The number of carboxylic acids is 1. The van der Waals surface area contributed by atoms with E-state index < -0.39 is 29.5 Å². The van der Waals surface area contributed by atoms with Gasteiger partial charge in [0.15, 0.2) is 0 Å². The zero-order chi connectivity index (χ0) is 24.9. The van der Waals surface area contributed by atoms with Crippen LogP contribution >= 0.6 is 9.24 Å². The van der Waals surface area contributed by atoms with Crippen molar-refractivity contribution in [3.63, 3.8) is 0 Å². The SMILES string of the molecule is CC(C)CC(C(=O)O)N(C(=O)C(C)N)C(c1ccccc1)(c1ccccc1)c1ccccc1P. The summed E-state index contributed by atoms with van der Waals surface area (Å²) in [6.45, 7) is 5.53. The van der Waals surface area contributed by atoms with Crippen LogP contribution in [0, 0.1) is 5.92 Å². The van der Waals surface area contributed by atoms with Crippen molar-refractivity contribution in [1.82, 2.24) is 4.90 Å². The van der Waals surface area contributed by atoms with Crippen molar-refractivity contribution in [2.24, 2.45) is 11.7 Å². The fourth-order valence-electron chi connectivity index (χ4n) is 4.61. The molecule has 0 spiro atoms. The van der Waals surface area contributed by atoms with E-state index in [-0.39, 0.29) is 12.3 Å². The van der Waals surface area contributed by atoms with Gasteiger partial charge in [0.05, 0.1) is 6.04 Å². The van der Waals surface area contributed by atoms with E-state index in [1.54, 1.807) is 6.92 Å². The highest BCUT2D eigenvalue weighted by atomic mass is 31.0. The van der Waals surface area contributed by atoms with Gasteiger partial charge in [-0.25, -0.2) is 4.79 Å².